The third-order valence-electron chi connectivity index (χ3n) is 0.560. The molecule has 1 heterocycles. The van der Waals surface area contributed by atoms with Crippen LogP contribution in [0.15, 0.2) is 34.6 Å². The van der Waals surface area contributed by atoms with Crippen LogP contribution in [0.3, 0.4) is 0 Å². The number of aromatic nitrogens is 1. The van der Waals surface area contributed by atoms with Crippen molar-refractivity contribution in [2.75, 3.05) is 0 Å². The van der Waals surface area contributed by atoms with Crippen LogP contribution in [-0.4, -0.2) is 4.37 Å². The summed E-state index contributed by atoms with van der Waals surface area (Å²) in [5.74, 6) is 0. The maximum Gasteiger partial charge on any atom is 0.102 e. The van der Waals surface area contributed by atoms with E-state index in [1.807, 2.05) is 0 Å². The molecule has 0 bridgehead atoms. The third-order valence-corrected chi connectivity index (χ3v) is 1.04. The number of hydrogen-bond acceptors (Lipinski definition) is 3. The molecule has 0 aliphatic carbocycles. The second-order valence-corrected chi connectivity index (χ2v) is 1.79. The summed E-state index contributed by atoms with van der Waals surface area (Å²) in [6.45, 7) is 0. The van der Waals surface area contributed by atoms with Gasteiger partial charge in [-0.25, -0.2) is 4.37 Å². The maximum atomic E-state index is 4.80. The predicted molar refractivity (Wildman–Crippen MR) is 32.0 cm³/mol. The van der Waals surface area contributed by atoms with Crippen molar-refractivity contribution in [2.45, 2.75) is 0 Å². The van der Waals surface area contributed by atoms with E-state index in [1.165, 1.54) is 11.5 Å². The van der Waals surface area contributed by atoms with E-state index in [2.05, 4.69) is 4.37 Å². The van der Waals surface area contributed by atoms with Crippen molar-refractivity contribution in [1.29, 1.82) is 0 Å². The van der Waals surface area contributed by atoms with Crippen LogP contribution in [0, 0.1) is 0 Å². The summed E-state index contributed by atoms with van der Waals surface area (Å²) in [5, 5.41) is 1.76. The Morgan fingerprint density at radius 1 is 1.38 bits per heavy atom. The van der Waals surface area contributed by atoms with Gasteiger partial charge in [-0.15, -0.1) is 0 Å². The average molecular weight is 127 g/mol. The Kier molecular flexibility index (Phi) is 2.13. The molecule has 8 heavy (non-hydrogen) atoms. The fourth-order valence-electron chi connectivity index (χ4n) is 0.288. The highest BCUT2D eigenvalue weighted by Crippen LogP contribution is 1.83. The highest BCUT2D eigenvalue weighted by atomic mass is 32.1. The van der Waals surface area contributed by atoms with Crippen molar-refractivity contribution in [3.05, 3.63) is 30.2 Å². The molecule has 0 radical (unpaired) electrons. The van der Waals surface area contributed by atoms with Gasteiger partial charge in [0.15, 0.2) is 0 Å². The molecule has 3 heteroatoms. The first-order valence-electron chi connectivity index (χ1n) is 2.15. The van der Waals surface area contributed by atoms with Gasteiger partial charge in [0.2, 0.25) is 0 Å². The zero-order valence-corrected chi connectivity index (χ0v) is 4.97. The Labute approximate surface area is 51.3 Å². The third kappa shape index (κ3) is 1.75. The van der Waals surface area contributed by atoms with E-state index in [-0.39, 0.29) is 0 Å². The minimum absolute atomic E-state index is 1.34. The van der Waals surface area contributed by atoms with Gasteiger partial charge in [-0.1, -0.05) is 0 Å². The van der Waals surface area contributed by atoms with Crippen LogP contribution in [0.4, 0.5) is 0 Å². The fraction of sp³-hybridized carbons (Fsp3) is 0. The van der Waals surface area contributed by atoms with Crippen molar-refractivity contribution >= 4 is 11.5 Å². The fourth-order valence-corrected chi connectivity index (χ4v) is 0.613. The van der Waals surface area contributed by atoms with Crippen LogP contribution >= 0.6 is 11.5 Å². The SMILES string of the molecule is c1cnsccoc1. The van der Waals surface area contributed by atoms with E-state index in [1.54, 1.807) is 30.2 Å². The summed E-state index contributed by atoms with van der Waals surface area (Å²) in [5.41, 5.74) is 0. The van der Waals surface area contributed by atoms with E-state index >= 15 is 0 Å². The molecule has 1 aromatic rings. The van der Waals surface area contributed by atoms with E-state index in [9.17, 15) is 0 Å². The van der Waals surface area contributed by atoms with Crippen LogP contribution in [0.25, 0.3) is 0 Å². The molecule has 0 saturated heterocycles. The summed E-state index contributed by atoms with van der Waals surface area (Å²) in [7, 11) is 0. The second-order valence-electron chi connectivity index (χ2n) is 1.10. The molecule has 0 fully saturated rings. The van der Waals surface area contributed by atoms with Gasteiger partial charge in [0.1, 0.15) is 6.26 Å². The Hall–Kier alpha value is -0.830. The van der Waals surface area contributed by atoms with Gasteiger partial charge in [-0.3, -0.25) is 0 Å². The molecule has 2 nitrogen and oxygen atoms in total. The second kappa shape index (κ2) is 3.21. The van der Waals surface area contributed by atoms with E-state index in [0.29, 0.717) is 0 Å². The lowest BCUT2D eigenvalue weighted by Gasteiger charge is -1.71. The Bertz CT molecular complexity index is 117. The zero-order chi connectivity index (χ0) is 5.66. The highest BCUT2D eigenvalue weighted by Gasteiger charge is 1.60. The summed E-state index contributed by atoms with van der Waals surface area (Å²) in [6, 6.07) is 1.73. The molecule has 42 valence electrons. The van der Waals surface area contributed by atoms with E-state index in [4.69, 9.17) is 4.42 Å². The first kappa shape index (κ1) is 5.31. The smallest absolute Gasteiger partial charge is 0.102 e. The van der Waals surface area contributed by atoms with Crippen LogP contribution in [0.1, 0.15) is 0 Å². The molecule has 0 amide bonds. The summed E-state index contributed by atoms with van der Waals surface area (Å²) in [6.07, 6.45) is 4.82. The zero-order valence-electron chi connectivity index (χ0n) is 4.15. The first-order chi connectivity index (χ1) is 4.00. The minimum atomic E-state index is 1.34. The quantitative estimate of drug-likeness (QED) is 0.531. The molecule has 0 unspecified atom stereocenters. The molecule has 0 aromatic carbocycles. The molecular weight excluding hydrogens is 122 g/mol. The molecular formula is C5H5NOS. The summed E-state index contributed by atoms with van der Waals surface area (Å²) >= 11 is 1.34. The largest absolute Gasteiger partial charge is 0.472 e. The minimum Gasteiger partial charge on any atom is -0.472 e. The van der Waals surface area contributed by atoms with Crippen LogP contribution in [0.2, 0.25) is 0 Å². The van der Waals surface area contributed by atoms with Crippen molar-refractivity contribution < 1.29 is 4.42 Å². The lowest BCUT2D eigenvalue weighted by molar-refractivity contribution is 0.555. The number of nitrogens with zero attached hydrogens (tertiary/aromatic N) is 1. The monoisotopic (exact) mass is 127 g/mol. The highest BCUT2D eigenvalue weighted by molar-refractivity contribution is 7.03. The van der Waals surface area contributed by atoms with Crippen molar-refractivity contribution in [1.82, 2.24) is 4.37 Å². The Balaban J connectivity index is 3.00. The Morgan fingerprint density at radius 2 is 2.38 bits per heavy atom. The molecule has 0 saturated carbocycles. The van der Waals surface area contributed by atoms with Gasteiger partial charge in [0, 0.05) is 11.6 Å². The topological polar surface area (TPSA) is 26.0 Å². The molecule has 0 spiro atoms. The van der Waals surface area contributed by atoms with Crippen LogP contribution in [0.5, 0.6) is 0 Å². The number of rotatable bonds is 0. The Morgan fingerprint density at radius 3 is 3.38 bits per heavy atom. The van der Waals surface area contributed by atoms with E-state index in [0.717, 1.165) is 0 Å². The first-order valence-corrected chi connectivity index (χ1v) is 2.98. The van der Waals surface area contributed by atoms with Crippen LogP contribution < -0.4 is 0 Å². The van der Waals surface area contributed by atoms with Crippen LogP contribution in [-0.2, 0) is 0 Å². The summed E-state index contributed by atoms with van der Waals surface area (Å²) in [4.78, 5) is 0. The standard InChI is InChI=1S/C5H5NOS/c1-2-6-8-5-4-7-3-1/h1-5H. The number of hydrogen-bond donors (Lipinski definition) is 0. The maximum absolute atomic E-state index is 4.80. The predicted octanol–water partition coefficient (Wildman–Crippen LogP) is 1.86. The van der Waals surface area contributed by atoms with Gasteiger partial charge in [0.05, 0.1) is 6.26 Å². The van der Waals surface area contributed by atoms with Crippen molar-refractivity contribution in [2.24, 2.45) is 0 Å². The van der Waals surface area contributed by atoms with E-state index < -0.39 is 0 Å². The van der Waals surface area contributed by atoms with Gasteiger partial charge in [0.25, 0.3) is 0 Å². The van der Waals surface area contributed by atoms with Gasteiger partial charge >= 0.3 is 0 Å². The van der Waals surface area contributed by atoms with Gasteiger partial charge in [-0.2, -0.15) is 0 Å². The normalized spacial score (nSPS) is 8.00. The van der Waals surface area contributed by atoms with Gasteiger partial charge < -0.3 is 4.42 Å². The molecule has 1 aromatic heterocycles. The van der Waals surface area contributed by atoms with Crippen molar-refractivity contribution in [3.63, 3.8) is 0 Å². The molecule has 1 rings (SSSR count). The lowest BCUT2D eigenvalue weighted by Crippen LogP contribution is -1.51. The summed E-state index contributed by atoms with van der Waals surface area (Å²) < 4.78 is 8.67. The molecule has 0 aliphatic rings. The van der Waals surface area contributed by atoms with Crippen molar-refractivity contribution in [3.8, 4) is 0 Å². The average Bonchev–Trinajstić information content (AvgIpc) is 1.62. The molecule has 0 atom stereocenters. The molecule has 0 aliphatic heterocycles. The lowest BCUT2D eigenvalue weighted by atomic mass is 10.8. The van der Waals surface area contributed by atoms with Gasteiger partial charge in [-0.05, 0) is 17.6 Å². The molecule has 0 N–H and O–H groups in total.